The topological polar surface area (TPSA) is 53.4 Å². The minimum atomic E-state index is -1.06. The van der Waals surface area contributed by atoms with Gasteiger partial charge in [0.25, 0.3) is 0 Å². The van der Waals surface area contributed by atoms with Gasteiger partial charge >= 0.3 is 0 Å². The number of halogens is 2. The van der Waals surface area contributed by atoms with Crippen LogP contribution in [0.25, 0.3) is 0 Å². The van der Waals surface area contributed by atoms with Gasteiger partial charge in [-0.2, -0.15) is 0 Å². The van der Waals surface area contributed by atoms with Crippen molar-refractivity contribution in [2.24, 2.45) is 0 Å². The standard InChI is InChI=1S/C8H9Cl2NO2/c9-3-7(12)8(13)5-1-2-11-4-6(5)10/h1-2,4,7-8,12-13H,3H2. The summed E-state index contributed by atoms with van der Waals surface area (Å²) in [7, 11) is 0. The molecule has 1 heterocycles. The highest BCUT2D eigenvalue weighted by Gasteiger charge is 2.19. The number of alkyl halides is 1. The number of hydrogen-bond acceptors (Lipinski definition) is 3. The molecule has 0 aliphatic heterocycles. The smallest absolute Gasteiger partial charge is 0.108 e. The average Bonchev–Trinajstić information content (AvgIpc) is 2.16. The zero-order valence-corrected chi connectivity index (χ0v) is 8.20. The Balaban J connectivity index is 2.88. The Hall–Kier alpha value is -0.350. The summed E-state index contributed by atoms with van der Waals surface area (Å²) in [6, 6.07) is 1.54. The van der Waals surface area contributed by atoms with Crippen LogP contribution in [0.4, 0.5) is 0 Å². The van der Waals surface area contributed by atoms with Crippen LogP contribution >= 0.6 is 23.2 Å². The number of rotatable bonds is 3. The first kappa shape index (κ1) is 10.7. The third-order valence-electron chi connectivity index (χ3n) is 1.65. The monoisotopic (exact) mass is 221 g/mol. The van der Waals surface area contributed by atoms with Crippen LogP contribution in [0, 0.1) is 0 Å². The van der Waals surface area contributed by atoms with Gasteiger partial charge < -0.3 is 10.2 Å². The van der Waals surface area contributed by atoms with E-state index in [1.165, 1.54) is 12.4 Å². The van der Waals surface area contributed by atoms with Crippen molar-refractivity contribution in [1.29, 1.82) is 0 Å². The van der Waals surface area contributed by atoms with Gasteiger partial charge in [-0.3, -0.25) is 4.98 Å². The van der Waals surface area contributed by atoms with E-state index in [9.17, 15) is 10.2 Å². The first-order chi connectivity index (χ1) is 6.16. The second kappa shape index (κ2) is 4.77. The molecular formula is C8H9Cl2NO2. The van der Waals surface area contributed by atoms with E-state index >= 15 is 0 Å². The van der Waals surface area contributed by atoms with Crippen molar-refractivity contribution in [2.45, 2.75) is 12.2 Å². The fourth-order valence-corrected chi connectivity index (χ4v) is 1.32. The lowest BCUT2D eigenvalue weighted by Crippen LogP contribution is -2.19. The molecule has 13 heavy (non-hydrogen) atoms. The first-order valence-corrected chi connectivity index (χ1v) is 4.59. The maximum Gasteiger partial charge on any atom is 0.108 e. The zero-order valence-electron chi connectivity index (χ0n) is 6.69. The van der Waals surface area contributed by atoms with E-state index in [1.807, 2.05) is 0 Å². The molecule has 0 fully saturated rings. The molecule has 72 valence electrons. The Morgan fingerprint density at radius 3 is 2.69 bits per heavy atom. The Morgan fingerprint density at radius 2 is 2.15 bits per heavy atom. The van der Waals surface area contributed by atoms with Gasteiger partial charge in [0.05, 0.1) is 17.0 Å². The molecule has 0 saturated carbocycles. The Morgan fingerprint density at radius 1 is 1.46 bits per heavy atom. The Bertz CT molecular complexity index is 283. The maximum atomic E-state index is 9.52. The van der Waals surface area contributed by atoms with Crippen molar-refractivity contribution in [3.05, 3.63) is 29.0 Å². The van der Waals surface area contributed by atoms with Gasteiger partial charge in [0.1, 0.15) is 6.10 Å². The summed E-state index contributed by atoms with van der Waals surface area (Å²) in [6.45, 7) is 0. The number of pyridine rings is 1. The van der Waals surface area contributed by atoms with Crippen LogP contribution in [0.3, 0.4) is 0 Å². The van der Waals surface area contributed by atoms with Crippen LogP contribution < -0.4 is 0 Å². The largest absolute Gasteiger partial charge is 0.389 e. The third kappa shape index (κ3) is 2.54. The highest BCUT2D eigenvalue weighted by Crippen LogP contribution is 2.24. The number of nitrogens with zero attached hydrogens (tertiary/aromatic N) is 1. The molecule has 0 spiro atoms. The number of hydrogen-bond donors (Lipinski definition) is 2. The minimum Gasteiger partial charge on any atom is -0.389 e. The number of aliphatic hydroxyl groups excluding tert-OH is 2. The summed E-state index contributed by atoms with van der Waals surface area (Å²) < 4.78 is 0. The van der Waals surface area contributed by atoms with Gasteiger partial charge in [-0.1, -0.05) is 11.6 Å². The maximum absolute atomic E-state index is 9.52. The molecule has 1 aromatic heterocycles. The van der Waals surface area contributed by atoms with Gasteiger partial charge in [0.2, 0.25) is 0 Å². The van der Waals surface area contributed by atoms with E-state index in [0.717, 1.165) is 0 Å². The van der Waals surface area contributed by atoms with E-state index in [0.29, 0.717) is 10.6 Å². The molecule has 0 aromatic carbocycles. The quantitative estimate of drug-likeness (QED) is 0.759. The lowest BCUT2D eigenvalue weighted by molar-refractivity contribution is 0.0327. The first-order valence-electron chi connectivity index (χ1n) is 3.68. The van der Waals surface area contributed by atoms with Crippen LogP contribution in [0.15, 0.2) is 18.5 Å². The van der Waals surface area contributed by atoms with E-state index in [2.05, 4.69) is 4.98 Å². The molecule has 1 rings (SSSR count). The lowest BCUT2D eigenvalue weighted by atomic mass is 10.1. The van der Waals surface area contributed by atoms with Crippen LogP contribution in [-0.2, 0) is 0 Å². The highest BCUT2D eigenvalue weighted by atomic mass is 35.5. The van der Waals surface area contributed by atoms with E-state index in [1.54, 1.807) is 6.07 Å². The van der Waals surface area contributed by atoms with Crippen LogP contribution in [0.2, 0.25) is 5.02 Å². The van der Waals surface area contributed by atoms with E-state index in [-0.39, 0.29) is 5.88 Å². The van der Waals surface area contributed by atoms with E-state index in [4.69, 9.17) is 23.2 Å². The lowest BCUT2D eigenvalue weighted by Gasteiger charge is -2.16. The Kier molecular flexibility index (Phi) is 3.93. The number of aromatic nitrogens is 1. The second-order valence-corrected chi connectivity index (χ2v) is 3.28. The second-order valence-electron chi connectivity index (χ2n) is 2.56. The third-order valence-corrected chi connectivity index (χ3v) is 2.28. The van der Waals surface area contributed by atoms with Crippen molar-refractivity contribution >= 4 is 23.2 Å². The summed E-state index contributed by atoms with van der Waals surface area (Å²) >= 11 is 11.1. The highest BCUT2D eigenvalue weighted by molar-refractivity contribution is 6.31. The molecule has 0 aliphatic rings. The van der Waals surface area contributed by atoms with Crippen molar-refractivity contribution in [1.82, 2.24) is 4.98 Å². The summed E-state index contributed by atoms with van der Waals surface area (Å²) in [5, 5.41) is 19.1. The molecule has 0 amide bonds. The predicted octanol–water partition coefficient (Wildman–Crippen LogP) is 1.37. The Labute approximate surface area is 85.9 Å². The predicted molar refractivity (Wildman–Crippen MR) is 50.9 cm³/mol. The molecule has 2 atom stereocenters. The van der Waals surface area contributed by atoms with Crippen molar-refractivity contribution in [3.63, 3.8) is 0 Å². The molecular weight excluding hydrogens is 213 g/mol. The SMILES string of the molecule is OC(CCl)C(O)c1ccncc1Cl. The summed E-state index contributed by atoms with van der Waals surface area (Å²) in [5.41, 5.74) is 0.435. The minimum absolute atomic E-state index is 0.0418. The molecule has 0 aliphatic carbocycles. The molecule has 0 radical (unpaired) electrons. The number of aliphatic hydroxyl groups is 2. The summed E-state index contributed by atoms with van der Waals surface area (Å²) in [5.74, 6) is -0.0418. The van der Waals surface area contributed by atoms with E-state index < -0.39 is 12.2 Å². The fraction of sp³-hybridized carbons (Fsp3) is 0.375. The van der Waals surface area contributed by atoms with Gasteiger partial charge in [-0.25, -0.2) is 0 Å². The molecule has 0 saturated heterocycles. The molecule has 0 bridgehead atoms. The van der Waals surface area contributed by atoms with Gasteiger partial charge in [-0.05, 0) is 6.07 Å². The molecule has 2 unspecified atom stereocenters. The molecule has 3 nitrogen and oxygen atoms in total. The molecule has 1 aromatic rings. The van der Waals surface area contributed by atoms with Crippen LogP contribution in [0.5, 0.6) is 0 Å². The summed E-state index contributed by atoms with van der Waals surface area (Å²) in [6.07, 6.45) is 0.821. The average molecular weight is 222 g/mol. The van der Waals surface area contributed by atoms with Crippen molar-refractivity contribution in [2.75, 3.05) is 5.88 Å². The van der Waals surface area contributed by atoms with Gasteiger partial charge in [-0.15, -0.1) is 11.6 Å². The zero-order chi connectivity index (χ0) is 9.84. The van der Waals surface area contributed by atoms with Crippen LogP contribution in [-0.4, -0.2) is 27.2 Å². The molecule has 5 heteroatoms. The van der Waals surface area contributed by atoms with Crippen molar-refractivity contribution < 1.29 is 10.2 Å². The molecule has 2 N–H and O–H groups in total. The summed E-state index contributed by atoms with van der Waals surface area (Å²) in [4.78, 5) is 3.75. The van der Waals surface area contributed by atoms with Crippen LogP contribution in [0.1, 0.15) is 11.7 Å². The fourth-order valence-electron chi connectivity index (χ4n) is 0.917. The van der Waals surface area contributed by atoms with Gasteiger partial charge in [0.15, 0.2) is 0 Å². The normalized spacial score (nSPS) is 15.4. The van der Waals surface area contributed by atoms with Crippen molar-refractivity contribution in [3.8, 4) is 0 Å². The van der Waals surface area contributed by atoms with Gasteiger partial charge in [0, 0.05) is 18.0 Å².